The van der Waals surface area contributed by atoms with Crippen molar-refractivity contribution in [1.82, 2.24) is 0 Å². The third-order valence-electron chi connectivity index (χ3n) is 1.81. The molecule has 70 valence electrons. The molecule has 1 heteroatoms. The topological polar surface area (TPSA) is 0 Å². The van der Waals surface area contributed by atoms with E-state index in [1.54, 1.807) is 0 Å². The van der Waals surface area contributed by atoms with Crippen LogP contribution in [0.4, 0.5) is 0 Å². The Hall–Kier alpha value is -0.303. The lowest BCUT2D eigenvalue weighted by molar-refractivity contribution is 0.746. The lowest BCUT2D eigenvalue weighted by Gasteiger charge is -2.11. The average molecular weight is 182 g/mol. The second-order valence-electron chi connectivity index (χ2n) is 4.68. The number of rotatable bonds is 5. The molecule has 0 rings (SSSR count). The van der Waals surface area contributed by atoms with Crippen LogP contribution in [0.3, 0.4) is 0 Å². The van der Waals surface area contributed by atoms with E-state index >= 15 is 0 Å². The van der Waals surface area contributed by atoms with Crippen molar-refractivity contribution in [3.63, 3.8) is 0 Å². The normalized spacial score (nSPS) is 15.0. The molecule has 0 aromatic heterocycles. The quantitative estimate of drug-likeness (QED) is 0.444. The smallest absolute Gasteiger partial charge is 0.0480 e. The van der Waals surface area contributed by atoms with Crippen molar-refractivity contribution in [2.45, 2.75) is 39.0 Å². The molecule has 0 N–H and O–H groups in total. The summed E-state index contributed by atoms with van der Waals surface area (Å²) in [5.74, 6) is 0.628. The Kier molecular flexibility index (Phi) is 5.23. The third kappa shape index (κ3) is 7.80. The lowest BCUT2D eigenvalue weighted by Crippen LogP contribution is -2.17. The summed E-state index contributed by atoms with van der Waals surface area (Å²) in [6.07, 6.45) is 7.80. The third-order valence-corrected chi connectivity index (χ3v) is 3.27. The highest BCUT2D eigenvalue weighted by molar-refractivity contribution is 6.76. The molecule has 0 aliphatic rings. The molecule has 12 heavy (non-hydrogen) atoms. The second kappa shape index (κ2) is 5.36. The molecular weight excluding hydrogens is 160 g/mol. The van der Waals surface area contributed by atoms with Gasteiger partial charge in [0, 0.05) is 8.07 Å². The van der Waals surface area contributed by atoms with Crippen molar-refractivity contribution in [2.24, 2.45) is 5.92 Å². The van der Waals surface area contributed by atoms with Gasteiger partial charge < -0.3 is 0 Å². The minimum absolute atomic E-state index is 0.628. The van der Waals surface area contributed by atoms with Gasteiger partial charge in [0.15, 0.2) is 0 Å². The molecule has 1 atom stereocenters. The number of allylic oxidation sites excluding steroid dienone is 3. The summed E-state index contributed by atoms with van der Waals surface area (Å²) in [6, 6.07) is 1.30. The van der Waals surface area contributed by atoms with Gasteiger partial charge in [-0.05, 0) is 18.4 Å². The summed E-state index contributed by atoms with van der Waals surface area (Å²) in [6.45, 7) is 13.2. The predicted octanol–water partition coefficient (Wildman–Crippen LogP) is 4.09. The van der Waals surface area contributed by atoms with Gasteiger partial charge in [-0.3, -0.25) is 0 Å². The Morgan fingerprint density at radius 2 is 1.83 bits per heavy atom. The van der Waals surface area contributed by atoms with Crippen molar-refractivity contribution in [3.05, 3.63) is 24.8 Å². The Morgan fingerprint density at radius 3 is 2.25 bits per heavy atom. The van der Waals surface area contributed by atoms with Crippen molar-refractivity contribution in [3.8, 4) is 0 Å². The van der Waals surface area contributed by atoms with Crippen LogP contribution < -0.4 is 0 Å². The fourth-order valence-corrected chi connectivity index (χ4v) is 1.72. The molecule has 0 heterocycles. The summed E-state index contributed by atoms with van der Waals surface area (Å²) in [4.78, 5) is 0. The van der Waals surface area contributed by atoms with Crippen LogP contribution in [0.25, 0.3) is 0 Å². The van der Waals surface area contributed by atoms with Crippen molar-refractivity contribution >= 4 is 8.07 Å². The Morgan fingerprint density at radius 1 is 1.25 bits per heavy atom. The van der Waals surface area contributed by atoms with E-state index in [0.29, 0.717) is 5.92 Å². The van der Waals surface area contributed by atoms with Gasteiger partial charge in [-0.1, -0.05) is 44.8 Å². The summed E-state index contributed by atoms with van der Waals surface area (Å²) in [5.41, 5.74) is 0. The standard InChI is InChI=1S/C11H22Si/c1-6-11(2)9-7-8-10-12(3,4)5/h6-8,11H,1,9-10H2,2-5H3/b8-7+. The van der Waals surface area contributed by atoms with E-state index in [9.17, 15) is 0 Å². The van der Waals surface area contributed by atoms with Gasteiger partial charge in [0.2, 0.25) is 0 Å². The monoisotopic (exact) mass is 182 g/mol. The average Bonchev–Trinajstić information content (AvgIpc) is 1.96. The molecule has 0 nitrogen and oxygen atoms in total. The van der Waals surface area contributed by atoms with Crippen LogP contribution in [-0.2, 0) is 0 Å². The SMILES string of the molecule is C=CC(C)C/C=C/C[Si](C)(C)C. The van der Waals surface area contributed by atoms with Crippen LogP contribution in [-0.4, -0.2) is 8.07 Å². The molecule has 0 aromatic carbocycles. The molecule has 0 amide bonds. The lowest BCUT2D eigenvalue weighted by atomic mass is 10.1. The van der Waals surface area contributed by atoms with E-state index in [1.807, 2.05) is 6.08 Å². The van der Waals surface area contributed by atoms with Gasteiger partial charge in [-0.2, -0.15) is 0 Å². The maximum absolute atomic E-state index is 3.76. The summed E-state index contributed by atoms with van der Waals surface area (Å²) in [7, 11) is -0.852. The van der Waals surface area contributed by atoms with Gasteiger partial charge in [0.05, 0.1) is 0 Å². The summed E-state index contributed by atoms with van der Waals surface area (Å²) >= 11 is 0. The van der Waals surface area contributed by atoms with Gasteiger partial charge >= 0.3 is 0 Å². The maximum atomic E-state index is 3.76. The molecule has 0 aliphatic heterocycles. The Balaban J connectivity index is 3.57. The zero-order chi connectivity index (χ0) is 9.61. The highest BCUT2D eigenvalue weighted by atomic mass is 28.3. The molecule has 0 fully saturated rings. The summed E-state index contributed by atoms with van der Waals surface area (Å²) in [5, 5.41) is 0. The molecule has 0 radical (unpaired) electrons. The van der Waals surface area contributed by atoms with E-state index < -0.39 is 8.07 Å². The molecule has 0 spiro atoms. The number of hydrogen-bond acceptors (Lipinski definition) is 0. The largest absolute Gasteiger partial charge is 0.103 e. The molecular formula is C11H22Si. The molecule has 0 aromatic rings. The van der Waals surface area contributed by atoms with E-state index in [2.05, 4.69) is 45.3 Å². The van der Waals surface area contributed by atoms with Crippen molar-refractivity contribution in [2.75, 3.05) is 0 Å². The van der Waals surface area contributed by atoms with E-state index in [4.69, 9.17) is 0 Å². The first kappa shape index (κ1) is 11.7. The first-order chi connectivity index (χ1) is 5.45. The molecule has 0 aliphatic carbocycles. The fraction of sp³-hybridized carbons (Fsp3) is 0.636. The highest BCUT2D eigenvalue weighted by Gasteiger charge is 2.09. The molecule has 0 bridgehead atoms. The second-order valence-corrected chi connectivity index (χ2v) is 10.2. The van der Waals surface area contributed by atoms with Gasteiger partial charge in [-0.25, -0.2) is 0 Å². The zero-order valence-corrected chi connectivity index (χ0v) is 9.93. The minimum atomic E-state index is -0.852. The Bertz CT molecular complexity index is 151. The van der Waals surface area contributed by atoms with Crippen LogP contribution in [0, 0.1) is 5.92 Å². The molecule has 0 saturated heterocycles. The maximum Gasteiger partial charge on any atom is 0.0480 e. The van der Waals surface area contributed by atoms with Gasteiger partial charge in [-0.15, -0.1) is 6.58 Å². The van der Waals surface area contributed by atoms with E-state index in [-0.39, 0.29) is 0 Å². The first-order valence-electron chi connectivity index (χ1n) is 4.73. The van der Waals surface area contributed by atoms with Gasteiger partial charge in [0.1, 0.15) is 0 Å². The zero-order valence-electron chi connectivity index (χ0n) is 8.93. The van der Waals surface area contributed by atoms with Crippen LogP contribution >= 0.6 is 0 Å². The van der Waals surface area contributed by atoms with Crippen molar-refractivity contribution in [1.29, 1.82) is 0 Å². The first-order valence-corrected chi connectivity index (χ1v) is 8.44. The Labute approximate surface area is 78.4 Å². The summed E-state index contributed by atoms with van der Waals surface area (Å²) < 4.78 is 0. The van der Waals surface area contributed by atoms with E-state index in [1.165, 1.54) is 6.04 Å². The predicted molar refractivity (Wildman–Crippen MR) is 61.3 cm³/mol. The number of hydrogen-bond donors (Lipinski definition) is 0. The molecule has 1 unspecified atom stereocenters. The van der Waals surface area contributed by atoms with Gasteiger partial charge in [0.25, 0.3) is 0 Å². The minimum Gasteiger partial charge on any atom is -0.103 e. The van der Waals surface area contributed by atoms with Crippen LogP contribution in [0.1, 0.15) is 13.3 Å². The van der Waals surface area contributed by atoms with Crippen LogP contribution in [0.2, 0.25) is 25.7 Å². The van der Waals surface area contributed by atoms with Crippen molar-refractivity contribution < 1.29 is 0 Å². The van der Waals surface area contributed by atoms with Crippen LogP contribution in [0.5, 0.6) is 0 Å². The van der Waals surface area contributed by atoms with Crippen LogP contribution in [0.15, 0.2) is 24.8 Å². The molecule has 0 saturated carbocycles. The highest BCUT2D eigenvalue weighted by Crippen LogP contribution is 2.10. The van der Waals surface area contributed by atoms with E-state index in [0.717, 1.165) is 6.42 Å². The fourth-order valence-electron chi connectivity index (χ4n) is 0.844.